The third-order valence-corrected chi connectivity index (χ3v) is 7.09. The molecule has 2 aromatic heterocycles. The number of hydrogen-bond acceptors (Lipinski definition) is 4. The van der Waals surface area contributed by atoms with Crippen LogP contribution < -0.4 is 4.74 Å². The second kappa shape index (κ2) is 10.3. The van der Waals surface area contributed by atoms with Crippen LogP contribution in [0.3, 0.4) is 0 Å². The van der Waals surface area contributed by atoms with Crippen molar-refractivity contribution in [1.82, 2.24) is 4.98 Å². The normalized spacial score (nSPS) is 13.6. The first-order valence-electron chi connectivity index (χ1n) is 12.2. The topological polar surface area (TPSA) is 42.4 Å². The Kier molecular flexibility index (Phi) is 7.10. The highest BCUT2D eigenvalue weighted by Crippen LogP contribution is 2.40. The average Bonchev–Trinajstić information content (AvgIpc) is 3.42. The number of hydrogen-bond donors (Lipinski definition) is 1. The average molecular weight is 544 g/mol. The molecule has 1 N–H and O–H groups in total. The first-order chi connectivity index (χ1) is 18.1. The van der Waals surface area contributed by atoms with Crippen molar-refractivity contribution in [1.29, 1.82) is 0 Å². The smallest absolute Gasteiger partial charge is 0.214 e. The van der Waals surface area contributed by atoms with Gasteiger partial charge in [0.05, 0.1) is 5.52 Å². The van der Waals surface area contributed by atoms with Crippen LogP contribution in [0.2, 0.25) is 5.02 Å². The fourth-order valence-corrected chi connectivity index (χ4v) is 5.24. The number of thiophene rings is 1. The van der Waals surface area contributed by atoms with Gasteiger partial charge in [-0.25, -0.2) is 9.37 Å². The van der Waals surface area contributed by atoms with Crippen LogP contribution in [0.5, 0.6) is 5.88 Å². The minimum atomic E-state index is -1.40. The second-order valence-corrected chi connectivity index (χ2v) is 11.3. The molecular weight excluding hydrogens is 517 g/mol. The lowest BCUT2D eigenvalue weighted by Gasteiger charge is -2.29. The SMILES string of the molecule is CC(C)(C)Oc1cc(C=Cc2cccc(F)c2)c2cc(C(O)(c3ccc(Cl)cc3)c3ccsc3)ccc2n1. The molecule has 0 aliphatic heterocycles. The van der Waals surface area contributed by atoms with Crippen LogP contribution in [0.25, 0.3) is 23.1 Å². The van der Waals surface area contributed by atoms with E-state index in [0.717, 1.165) is 27.6 Å². The largest absolute Gasteiger partial charge is 0.472 e. The Morgan fingerprint density at radius 3 is 2.34 bits per heavy atom. The van der Waals surface area contributed by atoms with E-state index in [4.69, 9.17) is 21.3 Å². The third-order valence-electron chi connectivity index (χ3n) is 6.15. The number of benzene rings is 3. The van der Waals surface area contributed by atoms with Crippen molar-refractivity contribution in [2.75, 3.05) is 0 Å². The Morgan fingerprint density at radius 1 is 0.895 bits per heavy atom. The molecule has 5 aromatic rings. The lowest BCUT2D eigenvalue weighted by atomic mass is 9.81. The van der Waals surface area contributed by atoms with Gasteiger partial charge in [-0.3, -0.25) is 0 Å². The van der Waals surface area contributed by atoms with Crippen molar-refractivity contribution in [2.24, 2.45) is 0 Å². The van der Waals surface area contributed by atoms with Gasteiger partial charge in [-0.15, -0.1) is 0 Å². The standard InChI is InChI=1S/C32H27ClFNO2S/c1-31(2,3)37-30-18-22(8-7-21-5-4-6-27(34)17-21)28-19-24(11-14-29(28)35-30)32(36,25-15-16-38-20-25)23-9-12-26(33)13-10-23/h4-20,36H,1-3H3. The molecule has 0 amide bonds. The third kappa shape index (κ3) is 5.51. The molecule has 0 spiro atoms. The number of ether oxygens (including phenoxy) is 1. The molecule has 5 rings (SSSR count). The number of aliphatic hydroxyl groups is 1. The van der Waals surface area contributed by atoms with Gasteiger partial charge in [0.25, 0.3) is 0 Å². The first-order valence-corrected chi connectivity index (χ1v) is 13.5. The number of pyridine rings is 1. The predicted molar refractivity (Wildman–Crippen MR) is 155 cm³/mol. The van der Waals surface area contributed by atoms with Crippen molar-refractivity contribution >= 4 is 46.0 Å². The van der Waals surface area contributed by atoms with Crippen molar-refractivity contribution in [3.63, 3.8) is 0 Å². The molecule has 3 aromatic carbocycles. The van der Waals surface area contributed by atoms with Crippen molar-refractivity contribution in [3.05, 3.63) is 128 Å². The summed E-state index contributed by atoms with van der Waals surface area (Å²) >= 11 is 7.68. The number of aromatic nitrogens is 1. The van der Waals surface area contributed by atoms with Crippen LogP contribution in [-0.4, -0.2) is 15.7 Å². The van der Waals surface area contributed by atoms with Gasteiger partial charge in [-0.05, 0) is 96.2 Å². The summed E-state index contributed by atoms with van der Waals surface area (Å²) < 4.78 is 19.9. The number of fused-ring (bicyclic) bond motifs is 1. The van der Waals surface area contributed by atoms with E-state index in [9.17, 15) is 9.50 Å². The van der Waals surface area contributed by atoms with E-state index >= 15 is 0 Å². The monoisotopic (exact) mass is 543 g/mol. The highest BCUT2D eigenvalue weighted by atomic mass is 35.5. The summed E-state index contributed by atoms with van der Waals surface area (Å²) in [6.07, 6.45) is 3.78. The van der Waals surface area contributed by atoms with Crippen molar-refractivity contribution in [3.8, 4) is 5.88 Å². The number of halogens is 2. The molecule has 2 heterocycles. The van der Waals surface area contributed by atoms with E-state index in [1.807, 2.05) is 92.2 Å². The highest BCUT2D eigenvalue weighted by Gasteiger charge is 2.34. The zero-order valence-electron chi connectivity index (χ0n) is 21.3. The molecule has 3 nitrogen and oxygen atoms in total. The molecule has 38 heavy (non-hydrogen) atoms. The van der Waals surface area contributed by atoms with Crippen molar-refractivity contribution < 1.29 is 14.2 Å². The predicted octanol–water partition coefficient (Wildman–Crippen LogP) is 8.72. The maximum atomic E-state index is 13.8. The van der Waals surface area contributed by atoms with Gasteiger partial charge in [-0.1, -0.05) is 54.1 Å². The molecule has 1 unspecified atom stereocenters. The zero-order chi connectivity index (χ0) is 26.9. The Bertz CT molecular complexity index is 1610. The van der Waals surface area contributed by atoms with Crippen LogP contribution in [0.15, 0.2) is 89.6 Å². The zero-order valence-corrected chi connectivity index (χ0v) is 22.9. The van der Waals surface area contributed by atoms with Crippen LogP contribution in [0.1, 0.15) is 48.6 Å². The van der Waals surface area contributed by atoms with Crippen LogP contribution in [0.4, 0.5) is 4.39 Å². The summed E-state index contributed by atoms with van der Waals surface area (Å²) in [5.41, 5.74) is 2.62. The van der Waals surface area contributed by atoms with Gasteiger partial charge < -0.3 is 9.84 Å². The summed E-state index contributed by atoms with van der Waals surface area (Å²) in [7, 11) is 0. The molecule has 0 aliphatic carbocycles. The molecular formula is C32H27ClFNO2S. The van der Waals surface area contributed by atoms with E-state index in [0.29, 0.717) is 22.0 Å². The van der Waals surface area contributed by atoms with Crippen LogP contribution in [-0.2, 0) is 5.60 Å². The summed E-state index contributed by atoms with van der Waals surface area (Å²) in [6, 6.07) is 23.2. The molecule has 0 saturated heterocycles. The van der Waals surface area contributed by atoms with Crippen LogP contribution >= 0.6 is 22.9 Å². The summed E-state index contributed by atoms with van der Waals surface area (Å²) in [5.74, 6) is 0.192. The van der Waals surface area contributed by atoms with E-state index in [-0.39, 0.29) is 5.82 Å². The molecule has 0 radical (unpaired) electrons. The quantitative estimate of drug-likeness (QED) is 0.233. The fourth-order valence-electron chi connectivity index (χ4n) is 4.41. The lowest BCUT2D eigenvalue weighted by Crippen LogP contribution is -2.28. The highest BCUT2D eigenvalue weighted by molar-refractivity contribution is 7.08. The number of rotatable bonds is 6. The minimum absolute atomic E-state index is 0.297. The molecule has 6 heteroatoms. The molecule has 1 atom stereocenters. The Balaban J connectivity index is 1.70. The molecule has 0 fully saturated rings. The van der Waals surface area contributed by atoms with Gasteiger partial charge in [0, 0.05) is 22.0 Å². The van der Waals surface area contributed by atoms with Gasteiger partial charge >= 0.3 is 0 Å². The van der Waals surface area contributed by atoms with E-state index in [1.165, 1.54) is 23.5 Å². The van der Waals surface area contributed by atoms with E-state index in [2.05, 4.69) is 0 Å². The molecule has 0 saturated carbocycles. The Morgan fingerprint density at radius 2 is 1.66 bits per heavy atom. The maximum Gasteiger partial charge on any atom is 0.214 e. The van der Waals surface area contributed by atoms with Crippen LogP contribution in [0, 0.1) is 5.82 Å². The molecule has 0 bridgehead atoms. The van der Waals surface area contributed by atoms with Crippen molar-refractivity contribution in [2.45, 2.75) is 32.0 Å². The van der Waals surface area contributed by atoms with Gasteiger partial charge in [-0.2, -0.15) is 11.3 Å². The Hall–Kier alpha value is -3.51. The summed E-state index contributed by atoms with van der Waals surface area (Å²) in [6.45, 7) is 5.91. The van der Waals surface area contributed by atoms with Gasteiger partial charge in [0.15, 0.2) is 0 Å². The number of nitrogens with zero attached hydrogens (tertiary/aromatic N) is 1. The lowest BCUT2D eigenvalue weighted by molar-refractivity contribution is 0.124. The molecule has 0 aliphatic rings. The molecule has 192 valence electrons. The van der Waals surface area contributed by atoms with E-state index in [1.54, 1.807) is 18.2 Å². The summed E-state index contributed by atoms with van der Waals surface area (Å²) in [5, 5.41) is 17.6. The maximum absolute atomic E-state index is 13.8. The van der Waals surface area contributed by atoms with Gasteiger partial charge in [0.2, 0.25) is 5.88 Å². The Labute approximate surface area is 230 Å². The summed E-state index contributed by atoms with van der Waals surface area (Å²) in [4.78, 5) is 4.75. The van der Waals surface area contributed by atoms with Gasteiger partial charge in [0.1, 0.15) is 17.0 Å². The first kappa shape index (κ1) is 26.1. The second-order valence-electron chi connectivity index (χ2n) is 10.1. The minimum Gasteiger partial charge on any atom is -0.472 e. The fraction of sp³-hybridized carbons (Fsp3) is 0.156. The van der Waals surface area contributed by atoms with E-state index < -0.39 is 11.2 Å².